The van der Waals surface area contributed by atoms with E-state index in [0.717, 1.165) is 39.3 Å². The lowest BCUT2D eigenvalue weighted by atomic mass is 9.81. The molecule has 0 aromatic carbocycles. The molecule has 3 nitrogen and oxygen atoms in total. The molecule has 0 aliphatic carbocycles. The van der Waals surface area contributed by atoms with Crippen LogP contribution < -0.4 is 5.32 Å². The van der Waals surface area contributed by atoms with Crippen molar-refractivity contribution >= 4 is 0 Å². The van der Waals surface area contributed by atoms with Gasteiger partial charge in [-0.15, -0.1) is 0 Å². The molecule has 1 rings (SSSR count). The molecule has 0 aromatic rings. The van der Waals surface area contributed by atoms with E-state index in [1.807, 2.05) is 0 Å². The van der Waals surface area contributed by atoms with Gasteiger partial charge in [0.1, 0.15) is 0 Å². The Balaban J connectivity index is 2.61. The molecule has 0 spiro atoms. The summed E-state index contributed by atoms with van der Waals surface area (Å²) in [6, 6.07) is 0.619. The molecule has 2 unspecified atom stereocenters. The van der Waals surface area contributed by atoms with Crippen LogP contribution in [0.1, 0.15) is 54.4 Å². The standard InChI is InChI=1S/C16H34N2O/c1-7-16(6)13-18(10-9-11-19-8-2)14(12-17-16)15(3,4)5/h14,17H,7-13H2,1-6H3. The summed E-state index contributed by atoms with van der Waals surface area (Å²) < 4.78 is 5.48. The third-order valence-corrected chi connectivity index (χ3v) is 4.43. The Morgan fingerprint density at radius 3 is 2.53 bits per heavy atom. The van der Waals surface area contributed by atoms with Gasteiger partial charge in [0.2, 0.25) is 0 Å². The van der Waals surface area contributed by atoms with Crippen LogP contribution in [0, 0.1) is 5.41 Å². The van der Waals surface area contributed by atoms with E-state index in [-0.39, 0.29) is 5.54 Å². The quantitative estimate of drug-likeness (QED) is 0.751. The number of nitrogens with zero attached hydrogens (tertiary/aromatic N) is 1. The highest BCUT2D eigenvalue weighted by Crippen LogP contribution is 2.29. The zero-order valence-corrected chi connectivity index (χ0v) is 13.9. The molecule has 0 aromatic heterocycles. The summed E-state index contributed by atoms with van der Waals surface area (Å²) in [7, 11) is 0. The maximum Gasteiger partial charge on any atom is 0.0478 e. The van der Waals surface area contributed by atoms with Crippen molar-refractivity contribution in [2.24, 2.45) is 5.41 Å². The highest BCUT2D eigenvalue weighted by Gasteiger charge is 2.39. The fraction of sp³-hybridized carbons (Fsp3) is 1.00. The molecule has 0 saturated carbocycles. The van der Waals surface area contributed by atoms with Crippen LogP contribution in [-0.4, -0.2) is 49.3 Å². The summed E-state index contributed by atoms with van der Waals surface area (Å²) in [5.41, 5.74) is 0.598. The molecule has 1 fully saturated rings. The first-order valence-electron chi connectivity index (χ1n) is 7.89. The minimum Gasteiger partial charge on any atom is -0.382 e. The van der Waals surface area contributed by atoms with Crippen LogP contribution in [-0.2, 0) is 4.74 Å². The fourth-order valence-corrected chi connectivity index (χ4v) is 2.93. The van der Waals surface area contributed by atoms with Crippen molar-refractivity contribution in [2.75, 3.05) is 32.8 Å². The maximum absolute atomic E-state index is 5.48. The van der Waals surface area contributed by atoms with Crippen molar-refractivity contribution in [3.8, 4) is 0 Å². The average Bonchev–Trinajstić information content (AvgIpc) is 2.33. The van der Waals surface area contributed by atoms with Crippen molar-refractivity contribution in [1.29, 1.82) is 0 Å². The highest BCUT2D eigenvalue weighted by molar-refractivity contribution is 4.98. The number of nitrogens with one attached hydrogen (secondary N) is 1. The molecule has 0 radical (unpaired) electrons. The predicted molar refractivity (Wildman–Crippen MR) is 82.6 cm³/mol. The Hall–Kier alpha value is -0.120. The van der Waals surface area contributed by atoms with E-state index in [1.54, 1.807) is 0 Å². The number of ether oxygens (including phenoxy) is 1. The SMILES string of the molecule is CCOCCCN1CC(C)(CC)NCC1C(C)(C)C. The zero-order chi connectivity index (χ0) is 14.5. The lowest BCUT2D eigenvalue weighted by Gasteiger charge is -2.50. The van der Waals surface area contributed by atoms with Gasteiger partial charge in [-0.3, -0.25) is 4.90 Å². The minimum atomic E-state index is 0.271. The van der Waals surface area contributed by atoms with Crippen LogP contribution in [0.2, 0.25) is 0 Å². The third-order valence-electron chi connectivity index (χ3n) is 4.43. The van der Waals surface area contributed by atoms with E-state index in [4.69, 9.17) is 4.74 Å². The Kier molecular flexibility index (Phi) is 6.28. The topological polar surface area (TPSA) is 24.5 Å². The molecule has 3 heteroatoms. The van der Waals surface area contributed by atoms with Crippen molar-refractivity contribution in [2.45, 2.75) is 66.0 Å². The van der Waals surface area contributed by atoms with E-state index in [1.165, 1.54) is 6.42 Å². The van der Waals surface area contributed by atoms with Crippen LogP contribution >= 0.6 is 0 Å². The Morgan fingerprint density at radius 1 is 1.32 bits per heavy atom. The number of hydrogen-bond acceptors (Lipinski definition) is 3. The van der Waals surface area contributed by atoms with Crippen LogP contribution in [0.3, 0.4) is 0 Å². The van der Waals surface area contributed by atoms with Crippen molar-refractivity contribution in [3.63, 3.8) is 0 Å². The van der Waals surface area contributed by atoms with Gasteiger partial charge in [0.25, 0.3) is 0 Å². The summed E-state index contributed by atoms with van der Waals surface area (Å²) in [4.78, 5) is 2.68. The fourth-order valence-electron chi connectivity index (χ4n) is 2.93. The van der Waals surface area contributed by atoms with Gasteiger partial charge in [-0.1, -0.05) is 27.7 Å². The average molecular weight is 270 g/mol. The van der Waals surface area contributed by atoms with Crippen LogP contribution in [0.4, 0.5) is 0 Å². The summed E-state index contributed by atoms with van der Waals surface area (Å²) in [5, 5.41) is 3.76. The number of piperazine rings is 1. The van der Waals surface area contributed by atoms with Gasteiger partial charge in [0, 0.05) is 44.4 Å². The van der Waals surface area contributed by atoms with E-state index in [9.17, 15) is 0 Å². The normalized spacial score (nSPS) is 29.7. The van der Waals surface area contributed by atoms with E-state index in [0.29, 0.717) is 11.5 Å². The van der Waals surface area contributed by atoms with Gasteiger partial charge in [-0.2, -0.15) is 0 Å². The molecular weight excluding hydrogens is 236 g/mol. The Bertz CT molecular complexity index is 262. The van der Waals surface area contributed by atoms with Gasteiger partial charge in [-0.05, 0) is 32.1 Å². The molecule has 1 heterocycles. The second-order valence-corrected chi connectivity index (χ2v) is 7.20. The van der Waals surface area contributed by atoms with E-state index in [2.05, 4.69) is 51.8 Å². The van der Waals surface area contributed by atoms with Crippen LogP contribution in [0.25, 0.3) is 0 Å². The zero-order valence-electron chi connectivity index (χ0n) is 13.9. The van der Waals surface area contributed by atoms with Crippen LogP contribution in [0.5, 0.6) is 0 Å². The molecule has 1 aliphatic rings. The van der Waals surface area contributed by atoms with E-state index < -0.39 is 0 Å². The first kappa shape index (κ1) is 16.9. The molecule has 1 saturated heterocycles. The first-order chi connectivity index (χ1) is 8.82. The molecule has 2 atom stereocenters. The summed E-state index contributed by atoms with van der Waals surface area (Å²) in [5.74, 6) is 0. The van der Waals surface area contributed by atoms with Crippen molar-refractivity contribution in [1.82, 2.24) is 10.2 Å². The predicted octanol–water partition coefficient (Wildman–Crippen LogP) is 2.90. The minimum absolute atomic E-state index is 0.271. The molecule has 0 bridgehead atoms. The lowest BCUT2D eigenvalue weighted by Crippen LogP contribution is -2.65. The lowest BCUT2D eigenvalue weighted by molar-refractivity contribution is 0.0190. The number of hydrogen-bond donors (Lipinski definition) is 1. The largest absolute Gasteiger partial charge is 0.382 e. The number of rotatable bonds is 6. The second kappa shape index (κ2) is 7.05. The summed E-state index contributed by atoms with van der Waals surface area (Å²) in [6.07, 6.45) is 2.33. The van der Waals surface area contributed by atoms with Crippen molar-refractivity contribution < 1.29 is 4.74 Å². The van der Waals surface area contributed by atoms with Gasteiger partial charge in [0.15, 0.2) is 0 Å². The second-order valence-electron chi connectivity index (χ2n) is 7.20. The molecule has 114 valence electrons. The third kappa shape index (κ3) is 5.05. The van der Waals surface area contributed by atoms with E-state index >= 15 is 0 Å². The van der Waals surface area contributed by atoms with Gasteiger partial charge < -0.3 is 10.1 Å². The molecule has 0 amide bonds. The first-order valence-corrected chi connectivity index (χ1v) is 7.89. The smallest absolute Gasteiger partial charge is 0.0478 e. The van der Waals surface area contributed by atoms with Gasteiger partial charge in [-0.25, -0.2) is 0 Å². The summed E-state index contributed by atoms with van der Waals surface area (Å²) >= 11 is 0. The van der Waals surface area contributed by atoms with Crippen molar-refractivity contribution in [3.05, 3.63) is 0 Å². The van der Waals surface area contributed by atoms with Gasteiger partial charge in [0.05, 0.1) is 0 Å². The summed E-state index contributed by atoms with van der Waals surface area (Å²) in [6.45, 7) is 18.9. The van der Waals surface area contributed by atoms with Gasteiger partial charge >= 0.3 is 0 Å². The Labute approximate surface area is 120 Å². The molecule has 1 aliphatic heterocycles. The highest BCUT2D eigenvalue weighted by atomic mass is 16.5. The monoisotopic (exact) mass is 270 g/mol. The maximum atomic E-state index is 5.48. The molecule has 19 heavy (non-hydrogen) atoms. The molecule has 1 N–H and O–H groups in total. The molecular formula is C16H34N2O. The van der Waals surface area contributed by atoms with Crippen LogP contribution in [0.15, 0.2) is 0 Å². The Morgan fingerprint density at radius 2 is 2.00 bits per heavy atom.